The van der Waals surface area contributed by atoms with Gasteiger partial charge in [0.1, 0.15) is 16.1 Å². The Morgan fingerprint density at radius 2 is 2.07 bits per heavy atom. The molecule has 0 saturated carbocycles. The van der Waals surface area contributed by atoms with Gasteiger partial charge in [-0.15, -0.1) is 11.3 Å². The number of carbonyl (C=O) groups excluding carboxylic acids is 1. The lowest BCUT2D eigenvalue weighted by atomic mass is 10.2. The van der Waals surface area contributed by atoms with Gasteiger partial charge < -0.3 is 10.1 Å². The molecule has 0 radical (unpaired) electrons. The van der Waals surface area contributed by atoms with Crippen molar-refractivity contribution in [3.05, 3.63) is 52.1 Å². The quantitative estimate of drug-likeness (QED) is 0.551. The Morgan fingerprint density at radius 1 is 1.22 bits per heavy atom. The van der Waals surface area contributed by atoms with Gasteiger partial charge in [0.05, 0.1) is 17.3 Å². The number of para-hydroxylation sites is 1. The number of fused-ring (bicyclic) bond motifs is 1. The van der Waals surface area contributed by atoms with Crippen LogP contribution in [-0.2, 0) is 6.42 Å². The SMILES string of the molecule is CCCCc1nc(C)c(C(=O)NCCCOc2cccc3cccnc23)s1. The van der Waals surface area contributed by atoms with E-state index >= 15 is 0 Å². The van der Waals surface area contributed by atoms with Crippen LogP contribution in [0.3, 0.4) is 0 Å². The molecular weight excluding hydrogens is 358 g/mol. The minimum Gasteiger partial charge on any atom is -0.491 e. The van der Waals surface area contributed by atoms with E-state index < -0.39 is 0 Å². The molecule has 2 aromatic heterocycles. The summed E-state index contributed by atoms with van der Waals surface area (Å²) in [6.45, 7) is 5.15. The first-order valence-corrected chi connectivity index (χ1v) is 10.2. The molecular formula is C21H25N3O2S. The number of nitrogens with one attached hydrogen (secondary N) is 1. The molecule has 6 heteroatoms. The molecule has 0 aliphatic carbocycles. The van der Waals surface area contributed by atoms with Crippen molar-refractivity contribution in [2.75, 3.05) is 13.2 Å². The lowest BCUT2D eigenvalue weighted by molar-refractivity contribution is 0.0955. The highest BCUT2D eigenvalue weighted by atomic mass is 32.1. The number of aryl methyl sites for hydroxylation is 2. The van der Waals surface area contributed by atoms with E-state index in [0.29, 0.717) is 13.2 Å². The number of thiazole rings is 1. The predicted octanol–water partition coefficient (Wildman–Crippen LogP) is 4.54. The lowest BCUT2D eigenvalue weighted by Gasteiger charge is -2.09. The summed E-state index contributed by atoms with van der Waals surface area (Å²) in [6, 6.07) is 9.83. The maximum Gasteiger partial charge on any atom is 0.263 e. The Labute approximate surface area is 163 Å². The van der Waals surface area contributed by atoms with Crippen LogP contribution in [0, 0.1) is 6.92 Å². The van der Waals surface area contributed by atoms with Crippen LogP contribution in [0.25, 0.3) is 10.9 Å². The van der Waals surface area contributed by atoms with Gasteiger partial charge >= 0.3 is 0 Å². The number of nitrogens with zero attached hydrogens (tertiary/aromatic N) is 2. The van der Waals surface area contributed by atoms with Crippen LogP contribution in [0.1, 0.15) is 46.6 Å². The second kappa shape index (κ2) is 9.46. The van der Waals surface area contributed by atoms with Gasteiger partial charge in [0, 0.05) is 18.1 Å². The van der Waals surface area contributed by atoms with E-state index in [1.165, 1.54) is 11.3 Å². The summed E-state index contributed by atoms with van der Waals surface area (Å²) in [5.74, 6) is 0.734. The van der Waals surface area contributed by atoms with Crippen molar-refractivity contribution in [3.8, 4) is 5.75 Å². The molecule has 0 spiro atoms. The number of ether oxygens (including phenoxy) is 1. The Morgan fingerprint density at radius 3 is 2.93 bits per heavy atom. The molecule has 142 valence electrons. The third-order valence-corrected chi connectivity index (χ3v) is 5.47. The second-order valence-electron chi connectivity index (χ2n) is 6.41. The van der Waals surface area contributed by atoms with Gasteiger partial charge in [0.2, 0.25) is 0 Å². The van der Waals surface area contributed by atoms with Gasteiger partial charge in [0.25, 0.3) is 5.91 Å². The van der Waals surface area contributed by atoms with Gasteiger partial charge in [-0.2, -0.15) is 0 Å². The second-order valence-corrected chi connectivity index (χ2v) is 7.50. The number of hydrogen-bond acceptors (Lipinski definition) is 5. The van der Waals surface area contributed by atoms with E-state index in [0.717, 1.165) is 57.9 Å². The van der Waals surface area contributed by atoms with Crippen LogP contribution in [-0.4, -0.2) is 29.0 Å². The zero-order valence-electron chi connectivity index (χ0n) is 15.8. The maximum atomic E-state index is 12.4. The summed E-state index contributed by atoms with van der Waals surface area (Å²) in [7, 11) is 0. The molecule has 0 saturated heterocycles. The van der Waals surface area contributed by atoms with Crippen molar-refractivity contribution in [2.24, 2.45) is 0 Å². The van der Waals surface area contributed by atoms with Crippen molar-refractivity contribution in [3.63, 3.8) is 0 Å². The normalized spacial score (nSPS) is 10.9. The molecule has 1 amide bonds. The summed E-state index contributed by atoms with van der Waals surface area (Å²) >= 11 is 1.51. The van der Waals surface area contributed by atoms with Crippen molar-refractivity contribution in [1.29, 1.82) is 0 Å². The fraction of sp³-hybridized carbons (Fsp3) is 0.381. The number of aromatic nitrogens is 2. The topological polar surface area (TPSA) is 64.1 Å². The van der Waals surface area contributed by atoms with Gasteiger partial charge in [-0.3, -0.25) is 9.78 Å². The molecule has 27 heavy (non-hydrogen) atoms. The first-order valence-electron chi connectivity index (χ1n) is 9.40. The summed E-state index contributed by atoms with van der Waals surface area (Å²) in [5.41, 5.74) is 1.69. The highest BCUT2D eigenvalue weighted by Crippen LogP contribution is 2.23. The largest absolute Gasteiger partial charge is 0.491 e. The summed E-state index contributed by atoms with van der Waals surface area (Å²) in [5, 5.41) is 5.07. The third kappa shape index (κ3) is 5.04. The number of amides is 1. The molecule has 0 atom stereocenters. The molecule has 0 aliphatic rings. The number of pyridine rings is 1. The average molecular weight is 384 g/mol. The molecule has 0 aliphatic heterocycles. The van der Waals surface area contributed by atoms with E-state index in [1.54, 1.807) is 6.20 Å². The first-order chi connectivity index (χ1) is 13.2. The summed E-state index contributed by atoms with van der Waals surface area (Å²) in [4.78, 5) is 22.0. The Hall–Kier alpha value is -2.47. The minimum atomic E-state index is -0.0421. The zero-order chi connectivity index (χ0) is 19.1. The molecule has 0 fully saturated rings. The molecule has 5 nitrogen and oxygen atoms in total. The Kier molecular flexibility index (Phi) is 6.76. The predicted molar refractivity (Wildman–Crippen MR) is 110 cm³/mol. The van der Waals surface area contributed by atoms with Gasteiger partial charge in [-0.1, -0.05) is 31.5 Å². The Balaban J connectivity index is 1.46. The van der Waals surface area contributed by atoms with E-state index in [2.05, 4.69) is 22.2 Å². The highest BCUT2D eigenvalue weighted by molar-refractivity contribution is 7.13. The number of benzene rings is 1. The minimum absolute atomic E-state index is 0.0421. The van der Waals surface area contributed by atoms with Crippen LogP contribution >= 0.6 is 11.3 Å². The van der Waals surface area contributed by atoms with Crippen molar-refractivity contribution in [1.82, 2.24) is 15.3 Å². The van der Waals surface area contributed by atoms with Crippen molar-refractivity contribution >= 4 is 28.1 Å². The van der Waals surface area contributed by atoms with Crippen LogP contribution in [0.2, 0.25) is 0 Å². The number of carbonyl (C=O) groups is 1. The highest BCUT2D eigenvalue weighted by Gasteiger charge is 2.14. The number of hydrogen-bond donors (Lipinski definition) is 1. The molecule has 3 aromatic rings. The van der Waals surface area contributed by atoms with Crippen LogP contribution in [0.15, 0.2) is 36.5 Å². The fourth-order valence-electron chi connectivity index (χ4n) is 2.83. The number of rotatable bonds is 9. The van der Waals surface area contributed by atoms with Crippen LogP contribution < -0.4 is 10.1 Å². The van der Waals surface area contributed by atoms with Gasteiger partial charge in [-0.05, 0) is 38.3 Å². The van der Waals surface area contributed by atoms with Gasteiger partial charge in [0.15, 0.2) is 0 Å². The third-order valence-electron chi connectivity index (χ3n) is 4.25. The van der Waals surface area contributed by atoms with E-state index in [9.17, 15) is 4.79 Å². The van der Waals surface area contributed by atoms with E-state index in [1.807, 2.05) is 37.3 Å². The monoisotopic (exact) mass is 383 g/mol. The van der Waals surface area contributed by atoms with Gasteiger partial charge in [-0.25, -0.2) is 4.98 Å². The van der Waals surface area contributed by atoms with Crippen LogP contribution in [0.4, 0.5) is 0 Å². The standard InChI is InChI=1S/C21H25N3O2S/c1-3-4-11-18-24-15(2)20(27-18)21(25)23-13-7-14-26-17-10-5-8-16-9-6-12-22-19(16)17/h5-6,8-10,12H,3-4,7,11,13-14H2,1-2H3,(H,23,25). The van der Waals surface area contributed by atoms with Crippen molar-refractivity contribution < 1.29 is 9.53 Å². The molecule has 3 rings (SSSR count). The van der Waals surface area contributed by atoms with Crippen LogP contribution in [0.5, 0.6) is 5.75 Å². The molecule has 0 unspecified atom stereocenters. The molecule has 0 bridgehead atoms. The smallest absolute Gasteiger partial charge is 0.263 e. The fourth-order valence-corrected chi connectivity index (χ4v) is 3.85. The Bertz CT molecular complexity index is 902. The van der Waals surface area contributed by atoms with E-state index in [4.69, 9.17) is 4.74 Å². The van der Waals surface area contributed by atoms with E-state index in [-0.39, 0.29) is 5.91 Å². The molecule has 1 N–H and O–H groups in total. The average Bonchev–Trinajstić information content (AvgIpc) is 3.06. The lowest BCUT2D eigenvalue weighted by Crippen LogP contribution is -2.25. The summed E-state index contributed by atoms with van der Waals surface area (Å²) < 4.78 is 5.86. The maximum absolute atomic E-state index is 12.4. The first kappa shape index (κ1) is 19.3. The number of unbranched alkanes of at least 4 members (excludes halogenated alkanes) is 1. The zero-order valence-corrected chi connectivity index (χ0v) is 16.6. The summed E-state index contributed by atoms with van der Waals surface area (Å²) in [6.07, 6.45) is 5.68. The molecule has 2 heterocycles. The molecule has 1 aromatic carbocycles. The van der Waals surface area contributed by atoms with Crippen molar-refractivity contribution in [2.45, 2.75) is 39.5 Å².